The molecule has 98 valence electrons. The molecule has 0 saturated carbocycles. The number of nitrogens with zero attached hydrogens (tertiary/aromatic N) is 1. The number of rotatable bonds is 3. The molecule has 0 aliphatic carbocycles. The van der Waals surface area contributed by atoms with E-state index in [1.165, 1.54) is 12.1 Å². The van der Waals surface area contributed by atoms with Crippen LogP contribution in [0.15, 0.2) is 42.6 Å². The summed E-state index contributed by atoms with van der Waals surface area (Å²) in [5.74, 6) is -0.293. The topological polar surface area (TPSA) is 54.0 Å². The van der Waals surface area contributed by atoms with Crippen molar-refractivity contribution in [3.05, 3.63) is 59.7 Å². The minimum absolute atomic E-state index is 0.293. The van der Waals surface area contributed by atoms with Gasteiger partial charge in [-0.2, -0.15) is 0 Å². The molecule has 2 aromatic rings. The van der Waals surface area contributed by atoms with E-state index in [0.717, 1.165) is 11.3 Å². The number of carbonyl (C=O) groups is 1. The zero-order valence-corrected chi connectivity index (χ0v) is 10.5. The Hall–Kier alpha value is -2.43. The molecule has 0 aliphatic rings. The number of nitrogens with one attached hydrogen (secondary N) is 2. The van der Waals surface area contributed by atoms with E-state index >= 15 is 0 Å². The van der Waals surface area contributed by atoms with Crippen molar-refractivity contribution in [1.29, 1.82) is 0 Å². The SMILES string of the molecule is Cc1ccc(NC(=O)NCc2ccc(F)cc2)cn1. The molecule has 0 unspecified atom stereocenters. The summed E-state index contributed by atoms with van der Waals surface area (Å²) in [6.45, 7) is 2.21. The zero-order chi connectivity index (χ0) is 13.7. The van der Waals surface area contributed by atoms with Crippen LogP contribution in [0.3, 0.4) is 0 Å². The van der Waals surface area contributed by atoms with Gasteiger partial charge in [0.1, 0.15) is 5.82 Å². The lowest BCUT2D eigenvalue weighted by Gasteiger charge is -2.07. The fourth-order valence-electron chi connectivity index (χ4n) is 1.50. The largest absolute Gasteiger partial charge is 0.334 e. The number of aryl methyl sites for hydroxylation is 1. The number of benzene rings is 1. The number of carbonyl (C=O) groups excluding carboxylic acids is 1. The highest BCUT2D eigenvalue weighted by atomic mass is 19.1. The molecular formula is C14H14FN3O. The molecule has 2 N–H and O–H groups in total. The fourth-order valence-corrected chi connectivity index (χ4v) is 1.50. The summed E-state index contributed by atoms with van der Waals surface area (Å²) in [5.41, 5.74) is 2.35. The van der Waals surface area contributed by atoms with Crippen molar-refractivity contribution in [2.45, 2.75) is 13.5 Å². The number of hydrogen-bond acceptors (Lipinski definition) is 2. The molecule has 1 heterocycles. The molecule has 0 aliphatic heterocycles. The molecule has 0 spiro atoms. The summed E-state index contributed by atoms with van der Waals surface area (Å²) in [6, 6.07) is 9.24. The Bertz CT molecular complexity index is 552. The number of hydrogen-bond donors (Lipinski definition) is 2. The second-order valence-electron chi connectivity index (χ2n) is 4.12. The lowest BCUT2D eigenvalue weighted by atomic mass is 10.2. The summed E-state index contributed by atoms with van der Waals surface area (Å²) in [4.78, 5) is 15.7. The van der Waals surface area contributed by atoms with Crippen molar-refractivity contribution in [3.63, 3.8) is 0 Å². The van der Waals surface area contributed by atoms with Gasteiger partial charge < -0.3 is 10.6 Å². The first-order valence-corrected chi connectivity index (χ1v) is 5.85. The Morgan fingerprint density at radius 3 is 2.58 bits per heavy atom. The van der Waals surface area contributed by atoms with Gasteiger partial charge in [-0.3, -0.25) is 4.98 Å². The molecule has 0 radical (unpaired) electrons. The van der Waals surface area contributed by atoms with Crippen molar-refractivity contribution < 1.29 is 9.18 Å². The first-order valence-electron chi connectivity index (χ1n) is 5.85. The molecule has 2 amide bonds. The van der Waals surface area contributed by atoms with Gasteiger partial charge in [0.25, 0.3) is 0 Å². The number of halogens is 1. The zero-order valence-electron chi connectivity index (χ0n) is 10.5. The van der Waals surface area contributed by atoms with E-state index in [2.05, 4.69) is 15.6 Å². The maximum Gasteiger partial charge on any atom is 0.319 e. The molecule has 0 bridgehead atoms. The Morgan fingerprint density at radius 2 is 1.95 bits per heavy atom. The van der Waals surface area contributed by atoms with Crippen LogP contribution in [0.25, 0.3) is 0 Å². The Morgan fingerprint density at radius 1 is 1.21 bits per heavy atom. The van der Waals surface area contributed by atoms with Crippen LogP contribution < -0.4 is 10.6 Å². The summed E-state index contributed by atoms with van der Waals surface area (Å²) >= 11 is 0. The van der Waals surface area contributed by atoms with Gasteiger partial charge >= 0.3 is 6.03 Å². The predicted octanol–water partition coefficient (Wildman–Crippen LogP) is 2.85. The molecule has 0 atom stereocenters. The Kier molecular flexibility index (Phi) is 4.07. The van der Waals surface area contributed by atoms with Crippen LogP contribution in [-0.4, -0.2) is 11.0 Å². The van der Waals surface area contributed by atoms with Gasteiger partial charge in [-0.25, -0.2) is 9.18 Å². The van der Waals surface area contributed by atoms with Gasteiger partial charge in [-0.05, 0) is 36.8 Å². The highest BCUT2D eigenvalue weighted by Crippen LogP contribution is 2.05. The number of urea groups is 1. The molecule has 5 heteroatoms. The van der Waals surface area contributed by atoms with Gasteiger partial charge in [-0.15, -0.1) is 0 Å². The smallest absolute Gasteiger partial charge is 0.319 e. The normalized spacial score (nSPS) is 10.0. The lowest BCUT2D eigenvalue weighted by Crippen LogP contribution is -2.28. The highest BCUT2D eigenvalue weighted by molar-refractivity contribution is 5.88. The first-order chi connectivity index (χ1) is 9.13. The van der Waals surface area contributed by atoms with Crippen molar-refractivity contribution in [3.8, 4) is 0 Å². The van der Waals surface area contributed by atoms with Crippen molar-refractivity contribution >= 4 is 11.7 Å². The Labute approximate surface area is 110 Å². The fraction of sp³-hybridized carbons (Fsp3) is 0.143. The molecule has 19 heavy (non-hydrogen) atoms. The van der Waals surface area contributed by atoms with Crippen molar-refractivity contribution in [1.82, 2.24) is 10.3 Å². The van der Waals surface area contributed by atoms with Gasteiger partial charge in [-0.1, -0.05) is 12.1 Å². The summed E-state index contributed by atoms with van der Waals surface area (Å²) < 4.78 is 12.7. The van der Waals surface area contributed by atoms with Crippen LogP contribution in [-0.2, 0) is 6.54 Å². The summed E-state index contributed by atoms with van der Waals surface area (Å²) in [5, 5.41) is 5.35. The molecular weight excluding hydrogens is 245 g/mol. The van der Waals surface area contributed by atoms with Gasteiger partial charge in [0.2, 0.25) is 0 Å². The van der Waals surface area contributed by atoms with Gasteiger partial charge in [0.15, 0.2) is 0 Å². The van der Waals surface area contributed by atoms with Crippen molar-refractivity contribution in [2.75, 3.05) is 5.32 Å². The minimum Gasteiger partial charge on any atom is -0.334 e. The minimum atomic E-state index is -0.324. The summed E-state index contributed by atoms with van der Waals surface area (Å²) in [7, 11) is 0. The molecule has 1 aromatic carbocycles. The third kappa shape index (κ3) is 4.06. The molecule has 4 nitrogen and oxygen atoms in total. The predicted molar refractivity (Wildman–Crippen MR) is 71.2 cm³/mol. The van der Waals surface area contributed by atoms with E-state index < -0.39 is 0 Å². The molecule has 0 fully saturated rings. The number of amides is 2. The van der Waals surface area contributed by atoms with Crippen LogP contribution in [0.4, 0.5) is 14.9 Å². The average molecular weight is 259 g/mol. The maximum atomic E-state index is 12.7. The standard InChI is InChI=1S/C14H14FN3O/c1-10-2-7-13(9-16-10)18-14(19)17-8-11-3-5-12(15)6-4-11/h2-7,9H,8H2,1H3,(H2,17,18,19). The van der Waals surface area contributed by atoms with E-state index in [4.69, 9.17) is 0 Å². The molecule has 1 aromatic heterocycles. The van der Waals surface area contributed by atoms with E-state index in [9.17, 15) is 9.18 Å². The van der Waals surface area contributed by atoms with Crippen LogP contribution in [0.5, 0.6) is 0 Å². The molecule has 2 rings (SSSR count). The highest BCUT2D eigenvalue weighted by Gasteiger charge is 2.02. The first kappa shape index (κ1) is 13.0. The second-order valence-corrected chi connectivity index (χ2v) is 4.12. The number of pyridine rings is 1. The third-order valence-corrected chi connectivity index (χ3v) is 2.54. The summed E-state index contributed by atoms with van der Waals surface area (Å²) in [6.07, 6.45) is 1.59. The van der Waals surface area contributed by atoms with Gasteiger partial charge in [0.05, 0.1) is 11.9 Å². The average Bonchev–Trinajstić information content (AvgIpc) is 2.41. The van der Waals surface area contributed by atoms with Crippen LogP contribution in [0, 0.1) is 12.7 Å². The number of aromatic nitrogens is 1. The lowest BCUT2D eigenvalue weighted by molar-refractivity contribution is 0.251. The second kappa shape index (κ2) is 5.95. The van der Waals surface area contributed by atoms with E-state index in [1.54, 1.807) is 24.4 Å². The third-order valence-electron chi connectivity index (χ3n) is 2.54. The molecule has 0 saturated heterocycles. The van der Waals surface area contributed by atoms with E-state index in [-0.39, 0.29) is 11.8 Å². The quantitative estimate of drug-likeness (QED) is 0.890. The van der Waals surface area contributed by atoms with E-state index in [1.807, 2.05) is 13.0 Å². The van der Waals surface area contributed by atoms with Crippen LogP contribution in [0.1, 0.15) is 11.3 Å². The maximum absolute atomic E-state index is 12.7. The van der Waals surface area contributed by atoms with Crippen LogP contribution >= 0.6 is 0 Å². The van der Waals surface area contributed by atoms with E-state index in [0.29, 0.717) is 12.2 Å². The van der Waals surface area contributed by atoms with Crippen molar-refractivity contribution in [2.24, 2.45) is 0 Å². The monoisotopic (exact) mass is 259 g/mol. The van der Waals surface area contributed by atoms with Gasteiger partial charge in [0, 0.05) is 12.2 Å². The number of anilines is 1. The van der Waals surface area contributed by atoms with Crippen LogP contribution in [0.2, 0.25) is 0 Å². The Balaban J connectivity index is 1.84.